The van der Waals surface area contributed by atoms with Crippen molar-refractivity contribution in [2.45, 2.75) is 25.9 Å². The lowest BCUT2D eigenvalue weighted by Gasteiger charge is -2.19. The summed E-state index contributed by atoms with van der Waals surface area (Å²) in [4.78, 5) is 10.6. The number of carboxylic acid groups (broad SMARTS) is 1. The van der Waals surface area contributed by atoms with Crippen LogP contribution in [0.2, 0.25) is 0 Å². The van der Waals surface area contributed by atoms with E-state index in [9.17, 15) is 4.79 Å². The molecule has 1 unspecified atom stereocenters. The van der Waals surface area contributed by atoms with Gasteiger partial charge in [0.25, 0.3) is 0 Å². The molecule has 0 spiro atoms. The summed E-state index contributed by atoms with van der Waals surface area (Å²) in [6, 6.07) is -0.648. The van der Waals surface area contributed by atoms with Gasteiger partial charge in [-0.05, 0) is 13.8 Å². The van der Waals surface area contributed by atoms with Crippen molar-refractivity contribution in [3.05, 3.63) is 0 Å². The highest BCUT2D eigenvalue weighted by Crippen LogP contribution is 1.91. The first-order valence-electron chi connectivity index (χ1n) is 4.36. The van der Waals surface area contributed by atoms with E-state index in [1.54, 1.807) is 6.92 Å². The number of thiol groups is 1. The molecule has 14 heavy (non-hydrogen) atoms. The standard InChI is InChI=1S/C8H17N3O2S/c1-5(3-10-6(2)9)11-7(4-14)8(12)13/h5,7,11,14H,3-4H2,1-2H3,(H2,9,10)(H,12,13)/t5?,7-/m1/s1. The first-order chi connectivity index (χ1) is 6.47. The summed E-state index contributed by atoms with van der Waals surface area (Å²) in [5.41, 5.74) is 0. The summed E-state index contributed by atoms with van der Waals surface area (Å²) in [6.45, 7) is 4.03. The van der Waals surface area contributed by atoms with Crippen molar-refractivity contribution in [2.24, 2.45) is 0 Å². The van der Waals surface area contributed by atoms with Crippen LogP contribution in [0.1, 0.15) is 13.8 Å². The monoisotopic (exact) mass is 219 g/mol. The Hall–Kier alpha value is -0.750. The second kappa shape index (κ2) is 6.67. The Balaban J connectivity index is 3.84. The third-order valence-corrected chi connectivity index (χ3v) is 2.00. The summed E-state index contributed by atoms with van der Waals surface area (Å²) in [7, 11) is 0. The Bertz CT molecular complexity index is 211. The van der Waals surface area contributed by atoms with Crippen molar-refractivity contribution in [3.8, 4) is 0 Å². The molecular weight excluding hydrogens is 202 g/mol. The molecule has 0 aromatic heterocycles. The van der Waals surface area contributed by atoms with Gasteiger partial charge in [0.15, 0.2) is 0 Å². The minimum Gasteiger partial charge on any atom is -0.480 e. The van der Waals surface area contributed by atoms with Gasteiger partial charge < -0.3 is 10.4 Å². The maximum atomic E-state index is 10.6. The van der Waals surface area contributed by atoms with Crippen LogP contribution in [0.5, 0.6) is 0 Å². The van der Waals surface area contributed by atoms with Gasteiger partial charge in [0.05, 0.1) is 5.84 Å². The van der Waals surface area contributed by atoms with Crippen molar-refractivity contribution in [1.29, 1.82) is 5.41 Å². The molecule has 5 nitrogen and oxygen atoms in total. The Kier molecular flexibility index (Phi) is 6.31. The SMILES string of the molecule is CC(=N)NCC(C)N[C@H](CS)C(=O)O. The fraction of sp³-hybridized carbons (Fsp3) is 0.750. The maximum absolute atomic E-state index is 10.6. The quantitative estimate of drug-likeness (QED) is 0.246. The number of rotatable bonds is 6. The molecule has 0 rings (SSSR count). The molecule has 0 saturated carbocycles. The molecule has 0 aliphatic rings. The minimum atomic E-state index is -0.904. The normalized spacial score (nSPS) is 14.5. The van der Waals surface area contributed by atoms with E-state index < -0.39 is 12.0 Å². The number of amidine groups is 1. The van der Waals surface area contributed by atoms with E-state index in [4.69, 9.17) is 10.5 Å². The molecule has 6 heteroatoms. The summed E-state index contributed by atoms with van der Waals surface area (Å²) in [5.74, 6) is -0.279. The molecular formula is C8H17N3O2S. The van der Waals surface area contributed by atoms with Gasteiger partial charge in [-0.2, -0.15) is 12.6 Å². The third kappa shape index (κ3) is 5.82. The fourth-order valence-corrected chi connectivity index (χ4v) is 1.17. The fourth-order valence-electron chi connectivity index (χ4n) is 0.911. The van der Waals surface area contributed by atoms with Crippen LogP contribution in [0, 0.1) is 5.41 Å². The summed E-state index contributed by atoms with van der Waals surface area (Å²) >= 11 is 3.93. The smallest absolute Gasteiger partial charge is 0.321 e. The van der Waals surface area contributed by atoms with E-state index in [2.05, 4.69) is 23.3 Å². The Morgan fingerprint density at radius 2 is 2.21 bits per heavy atom. The molecule has 0 fully saturated rings. The lowest BCUT2D eigenvalue weighted by Crippen LogP contribution is -2.47. The molecule has 4 N–H and O–H groups in total. The molecule has 82 valence electrons. The molecule has 2 atom stereocenters. The Morgan fingerprint density at radius 3 is 2.57 bits per heavy atom. The molecule has 0 aromatic carbocycles. The number of hydrogen-bond donors (Lipinski definition) is 5. The van der Waals surface area contributed by atoms with Crippen LogP contribution >= 0.6 is 12.6 Å². The molecule has 0 aliphatic carbocycles. The second-order valence-electron chi connectivity index (χ2n) is 3.15. The Morgan fingerprint density at radius 1 is 1.64 bits per heavy atom. The van der Waals surface area contributed by atoms with Crippen molar-refractivity contribution in [3.63, 3.8) is 0 Å². The van der Waals surface area contributed by atoms with Crippen molar-refractivity contribution in [2.75, 3.05) is 12.3 Å². The molecule has 0 aromatic rings. The molecule has 0 amide bonds. The predicted molar refractivity (Wildman–Crippen MR) is 59.3 cm³/mol. The number of nitrogens with one attached hydrogen (secondary N) is 3. The van der Waals surface area contributed by atoms with E-state index in [-0.39, 0.29) is 11.8 Å². The second-order valence-corrected chi connectivity index (χ2v) is 3.51. The average molecular weight is 219 g/mol. The van der Waals surface area contributed by atoms with E-state index in [0.717, 1.165) is 0 Å². The zero-order chi connectivity index (χ0) is 11.1. The van der Waals surface area contributed by atoms with E-state index >= 15 is 0 Å². The first kappa shape index (κ1) is 13.2. The van der Waals surface area contributed by atoms with Crippen LogP contribution in [-0.2, 0) is 4.79 Å². The van der Waals surface area contributed by atoms with Crippen LogP contribution in [0.15, 0.2) is 0 Å². The van der Waals surface area contributed by atoms with Gasteiger partial charge in [-0.25, -0.2) is 0 Å². The topological polar surface area (TPSA) is 85.2 Å². The van der Waals surface area contributed by atoms with Crippen LogP contribution in [0.3, 0.4) is 0 Å². The number of carbonyl (C=O) groups is 1. The van der Waals surface area contributed by atoms with Gasteiger partial charge >= 0.3 is 5.97 Å². The predicted octanol–water partition coefficient (Wildman–Crippen LogP) is -0.0657. The van der Waals surface area contributed by atoms with Gasteiger partial charge in [0.2, 0.25) is 0 Å². The van der Waals surface area contributed by atoms with Gasteiger partial charge in [-0.3, -0.25) is 15.5 Å². The maximum Gasteiger partial charge on any atom is 0.321 e. The van der Waals surface area contributed by atoms with Gasteiger partial charge in [0.1, 0.15) is 6.04 Å². The molecule has 0 bridgehead atoms. The number of aliphatic carboxylic acids is 1. The lowest BCUT2D eigenvalue weighted by molar-refractivity contribution is -0.139. The zero-order valence-electron chi connectivity index (χ0n) is 8.37. The zero-order valence-corrected chi connectivity index (χ0v) is 9.27. The molecule has 0 heterocycles. The van der Waals surface area contributed by atoms with Gasteiger partial charge in [0, 0.05) is 18.3 Å². The molecule has 0 aliphatic heterocycles. The van der Waals surface area contributed by atoms with E-state index in [1.165, 1.54) is 0 Å². The van der Waals surface area contributed by atoms with E-state index in [0.29, 0.717) is 12.4 Å². The number of hydrogen-bond acceptors (Lipinski definition) is 4. The summed E-state index contributed by atoms with van der Waals surface area (Å²) < 4.78 is 0. The van der Waals surface area contributed by atoms with Crippen molar-refractivity contribution >= 4 is 24.4 Å². The number of carboxylic acids is 1. The minimum absolute atomic E-state index is 0.0106. The largest absolute Gasteiger partial charge is 0.480 e. The highest BCUT2D eigenvalue weighted by Gasteiger charge is 2.17. The van der Waals surface area contributed by atoms with Crippen molar-refractivity contribution in [1.82, 2.24) is 10.6 Å². The Labute approximate surface area is 89.2 Å². The van der Waals surface area contributed by atoms with Crippen LogP contribution in [0.4, 0.5) is 0 Å². The summed E-state index contributed by atoms with van der Waals surface area (Å²) in [5, 5.41) is 21.6. The van der Waals surface area contributed by atoms with Crippen LogP contribution in [0.25, 0.3) is 0 Å². The van der Waals surface area contributed by atoms with Gasteiger partial charge in [-0.1, -0.05) is 0 Å². The molecule has 0 radical (unpaired) electrons. The summed E-state index contributed by atoms with van der Waals surface area (Å²) in [6.07, 6.45) is 0. The van der Waals surface area contributed by atoms with Gasteiger partial charge in [-0.15, -0.1) is 0 Å². The van der Waals surface area contributed by atoms with Crippen LogP contribution in [-0.4, -0.2) is 41.3 Å². The average Bonchev–Trinajstić information content (AvgIpc) is 2.10. The first-order valence-corrected chi connectivity index (χ1v) is 4.99. The van der Waals surface area contributed by atoms with E-state index in [1.807, 2.05) is 6.92 Å². The highest BCUT2D eigenvalue weighted by atomic mass is 32.1. The lowest BCUT2D eigenvalue weighted by atomic mass is 10.2. The highest BCUT2D eigenvalue weighted by molar-refractivity contribution is 7.80. The van der Waals surface area contributed by atoms with Crippen molar-refractivity contribution < 1.29 is 9.90 Å². The molecule has 0 saturated heterocycles. The third-order valence-electron chi connectivity index (χ3n) is 1.64. The van der Waals surface area contributed by atoms with Crippen LogP contribution < -0.4 is 10.6 Å².